The minimum absolute atomic E-state index is 0.193. The predicted octanol–water partition coefficient (Wildman–Crippen LogP) is 2.08. The van der Waals surface area contributed by atoms with Crippen molar-refractivity contribution in [3.63, 3.8) is 0 Å². The maximum Gasteiger partial charge on any atom is 0.272 e. The van der Waals surface area contributed by atoms with E-state index >= 15 is 0 Å². The Morgan fingerprint density at radius 1 is 1.14 bits per heavy atom. The highest BCUT2D eigenvalue weighted by atomic mass is 35.5. The summed E-state index contributed by atoms with van der Waals surface area (Å²) >= 11 is 7.23. The topological polar surface area (TPSA) is 66.7 Å². The van der Waals surface area contributed by atoms with Gasteiger partial charge >= 0.3 is 0 Å². The van der Waals surface area contributed by atoms with E-state index in [0.29, 0.717) is 33.3 Å². The standard InChI is InChI=1S/C20H15ClN4O2S/c1-11-2-7-15-14(8-11)16(18(26)23-15)17-19(27)25-10-24(9-22-20(25)28-17)13-5-3-12(21)4-6-13/h2-8H,9-10H2,1H3,(H,23,26)/b17-16+. The molecule has 0 spiro atoms. The first kappa shape index (κ1) is 17.2. The zero-order valence-electron chi connectivity index (χ0n) is 14.9. The number of fused-ring (bicyclic) bond motifs is 2. The van der Waals surface area contributed by atoms with Crippen LogP contribution in [-0.2, 0) is 11.5 Å². The molecular formula is C20H15ClN4O2S. The van der Waals surface area contributed by atoms with Crippen LogP contribution in [0.2, 0.25) is 5.02 Å². The number of carbonyl (C=O) groups excluding carboxylic acids is 1. The van der Waals surface area contributed by atoms with E-state index in [0.717, 1.165) is 22.5 Å². The molecule has 0 saturated carbocycles. The van der Waals surface area contributed by atoms with Crippen molar-refractivity contribution in [1.82, 2.24) is 4.57 Å². The fraction of sp³-hybridized carbons (Fsp3) is 0.150. The van der Waals surface area contributed by atoms with Gasteiger partial charge in [0.05, 0.1) is 5.57 Å². The van der Waals surface area contributed by atoms with E-state index in [4.69, 9.17) is 11.6 Å². The zero-order chi connectivity index (χ0) is 19.4. The summed E-state index contributed by atoms with van der Waals surface area (Å²) in [6.07, 6.45) is 0. The molecule has 2 aliphatic rings. The van der Waals surface area contributed by atoms with Crippen LogP contribution < -0.4 is 25.1 Å². The molecule has 140 valence electrons. The number of nitrogens with zero attached hydrogens (tertiary/aromatic N) is 3. The lowest BCUT2D eigenvalue weighted by Crippen LogP contribution is -2.43. The molecule has 0 radical (unpaired) electrons. The van der Waals surface area contributed by atoms with E-state index < -0.39 is 0 Å². The highest BCUT2D eigenvalue weighted by Crippen LogP contribution is 2.30. The third-order valence-corrected chi connectivity index (χ3v) is 6.26. The fourth-order valence-electron chi connectivity index (χ4n) is 3.48. The Balaban J connectivity index is 1.65. The van der Waals surface area contributed by atoms with E-state index in [2.05, 4.69) is 10.3 Å². The van der Waals surface area contributed by atoms with Crippen LogP contribution in [-0.4, -0.2) is 17.1 Å². The van der Waals surface area contributed by atoms with Crippen LogP contribution in [0, 0.1) is 6.92 Å². The quantitative estimate of drug-likeness (QED) is 0.668. The van der Waals surface area contributed by atoms with E-state index in [-0.39, 0.29) is 11.5 Å². The van der Waals surface area contributed by atoms with E-state index in [1.54, 1.807) is 4.57 Å². The molecule has 3 aromatic rings. The molecule has 3 heterocycles. The maximum absolute atomic E-state index is 13.1. The van der Waals surface area contributed by atoms with Gasteiger partial charge in [0.25, 0.3) is 11.5 Å². The number of rotatable bonds is 1. The molecule has 1 aromatic heterocycles. The number of amides is 1. The number of anilines is 2. The van der Waals surface area contributed by atoms with Gasteiger partial charge in [-0.1, -0.05) is 34.6 Å². The molecule has 0 unspecified atom stereocenters. The first-order chi connectivity index (χ1) is 13.5. The average molecular weight is 411 g/mol. The molecule has 8 heteroatoms. The third-order valence-electron chi connectivity index (χ3n) is 4.89. The van der Waals surface area contributed by atoms with Gasteiger partial charge in [0, 0.05) is 22.0 Å². The first-order valence-electron chi connectivity index (χ1n) is 8.72. The molecule has 6 nitrogen and oxygen atoms in total. The predicted molar refractivity (Wildman–Crippen MR) is 110 cm³/mol. The van der Waals surface area contributed by atoms with Crippen LogP contribution in [0.3, 0.4) is 0 Å². The van der Waals surface area contributed by atoms with Crippen molar-refractivity contribution in [2.45, 2.75) is 13.6 Å². The van der Waals surface area contributed by atoms with Crippen molar-refractivity contribution in [2.75, 3.05) is 16.9 Å². The minimum atomic E-state index is -0.244. The van der Waals surface area contributed by atoms with Crippen molar-refractivity contribution in [3.05, 3.63) is 78.3 Å². The highest BCUT2D eigenvalue weighted by Gasteiger charge is 2.28. The summed E-state index contributed by atoms with van der Waals surface area (Å²) in [5.41, 5.74) is 3.72. The number of halogens is 1. The normalized spacial score (nSPS) is 17.1. The Morgan fingerprint density at radius 3 is 2.71 bits per heavy atom. The van der Waals surface area contributed by atoms with E-state index in [9.17, 15) is 9.59 Å². The van der Waals surface area contributed by atoms with Crippen LogP contribution in [0.25, 0.3) is 5.57 Å². The van der Waals surface area contributed by atoms with Gasteiger partial charge in [0.15, 0.2) is 4.80 Å². The number of aryl methyl sites for hydroxylation is 1. The van der Waals surface area contributed by atoms with Crippen molar-refractivity contribution in [3.8, 4) is 0 Å². The van der Waals surface area contributed by atoms with Crippen LogP contribution in [0.15, 0.2) is 52.3 Å². The molecule has 0 atom stereocenters. The molecule has 1 amide bonds. The number of benzene rings is 2. The summed E-state index contributed by atoms with van der Waals surface area (Å²) in [5.74, 6) is -0.244. The maximum atomic E-state index is 13.1. The summed E-state index contributed by atoms with van der Waals surface area (Å²) in [7, 11) is 0. The first-order valence-corrected chi connectivity index (χ1v) is 9.92. The van der Waals surface area contributed by atoms with E-state index in [1.807, 2.05) is 54.3 Å². The molecule has 0 fully saturated rings. The van der Waals surface area contributed by atoms with Crippen LogP contribution in [0.1, 0.15) is 11.1 Å². The zero-order valence-corrected chi connectivity index (χ0v) is 16.5. The minimum Gasteiger partial charge on any atom is -0.334 e. The molecular weight excluding hydrogens is 396 g/mol. The SMILES string of the molecule is Cc1ccc2c(c1)/C(=c1\sc3n(c1=O)CN(c1ccc(Cl)cc1)CN=3)C(=O)N2. The van der Waals surface area contributed by atoms with Crippen molar-refractivity contribution < 1.29 is 4.79 Å². The Hall–Kier alpha value is -2.90. The lowest BCUT2D eigenvalue weighted by atomic mass is 10.1. The van der Waals surface area contributed by atoms with Gasteiger partial charge in [-0.15, -0.1) is 0 Å². The van der Waals surface area contributed by atoms with Gasteiger partial charge in [0.2, 0.25) is 0 Å². The van der Waals surface area contributed by atoms with Gasteiger partial charge < -0.3 is 10.2 Å². The monoisotopic (exact) mass is 410 g/mol. The lowest BCUT2D eigenvalue weighted by molar-refractivity contribution is -0.110. The Kier molecular flexibility index (Phi) is 3.89. The number of thiazole rings is 1. The Morgan fingerprint density at radius 2 is 1.93 bits per heavy atom. The average Bonchev–Trinajstić information content (AvgIpc) is 3.17. The summed E-state index contributed by atoms with van der Waals surface area (Å²) in [5, 5.41) is 3.51. The largest absolute Gasteiger partial charge is 0.334 e. The summed E-state index contributed by atoms with van der Waals surface area (Å²) in [4.78, 5) is 32.9. The van der Waals surface area contributed by atoms with Crippen LogP contribution in [0.4, 0.5) is 11.4 Å². The van der Waals surface area contributed by atoms with Crippen LogP contribution >= 0.6 is 22.9 Å². The summed E-state index contributed by atoms with van der Waals surface area (Å²) < 4.78 is 2.05. The number of hydrogen-bond acceptors (Lipinski definition) is 5. The summed E-state index contributed by atoms with van der Waals surface area (Å²) in [6, 6.07) is 13.2. The molecule has 5 rings (SSSR count). The number of hydrogen-bond donors (Lipinski definition) is 1. The number of carbonyl (C=O) groups is 1. The van der Waals surface area contributed by atoms with Gasteiger partial charge in [-0.25, -0.2) is 4.99 Å². The second-order valence-electron chi connectivity index (χ2n) is 6.78. The third kappa shape index (κ3) is 2.66. The smallest absolute Gasteiger partial charge is 0.272 e. The second-order valence-corrected chi connectivity index (χ2v) is 8.20. The van der Waals surface area contributed by atoms with Crippen molar-refractivity contribution in [2.24, 2.45) is 4.99 Å². The van der Waals surface area contributed by atoms with Crippen molar-refractivity contribution >= 4 is 45.8 Å². The fourth-order valence-corrected chi connectivity index (χ4v) is 4.67. The molecule has 0 aliphatic carbocycles. The molecule has 0 bridgehead atoms. The Bertz CT molecular complexity index is 1310. The van der Waals surface area contributed by atoms with Gasteiger partial charge in [-0.05, 0) is 43.3 Å². The molecule has 1 N–H and O–H groups in total. The summed E-state index contributed by atoms with van der Waals surface area (Å²) in [6.45, 7) is 2.79. The highest BCUT2D eigenvalue weighted by molar-refractivity contribution is 7.07. The molecule has 28 heavy (non-hydrogen) atoms. The van der Waals surface area contributed by atoms with Crippen molar-refractivity contribution in [1.29, 1.82) is 0 Å². The Labute approximate surface area is 169 Å². The molecule has 2 aromatic carbocycles. The van der Waals surface area contributed by atoms with Gasteiger partial charge in [-0.3, -0.25) is 14.2 Å². The number of nitrogens with one attached hydrogen (secondary N) is 1. The lowest BCUT2D eigenvalue weighted by Gasteiger charge is -2.25. The van der Waals surface area contributed by atoms with Gasteiger partial charge in [0.1, 0.15) is 17.9 Å². The van der Waals surface area contributed by atoms with Crippen LogP contribution in [0.5, 0.6) is 0 Å². The van der Waals surface area contributed by atoms with E-state index in [1.165, 1.54) is 11.3 Å². The van der Waals surface area contributed by atoms with Gasteiger partial charge in [-0.2, -0.15) is 0 Å². The number of aromatic nitrogens is 1. The second kappa shape index (κ2) is 6.32. The molecule has 2 aliphatic heterocycles. The molecule has 0 saturated heterocycles.